The van der Waals surface area contributed by atoms with E-state index in [1.807, 2.05) is 6.92 Å². The van der Waals surface area contributed by atoms with E-state index < -0.39 is 11.7 Å². The van der Waals surface area contributed by atoms with Gasteiger partial charge in [0.05, 0.1) is 18.3 Å². The molecule has 0 saturated carbocycles. The maximum Gasteiger partial charge on any atom is 0.255 e. The molecule has 0 saturated heterocycles. The van der Waals surface area contributed by atoms with Gasteiger partial charge in [0.2, 0.25) is 6.39 Å². The summed E-state index contributed by atoms with van der Waals surface area (Å²) in [7, 11) is 0. The van der Waals surface area contributed by atoms with Gasteiger partial charge in [0.15, 0.2) is 5.82 Å². The van der Waals surface area contributed by atoms with Gasteiger partial charge in [-0.05, 0) is 13.0 Å². The zero-order valence-electron chi connectivity index (χ0n) is 10.2. The minimum atomic E-state index is -0.577. The van der Waals surface area contributed by atoms with Crippen molar-refractivity contribution >= 4 is 11.7 Å². The van der Waals surface area contributed by atoms with Gasteiger partial charge in [0, 0.05) is 6.54 Å². The molecule has 2 heterocycles. The Labute approximate surface area is 108 Å². The maximum atomic E-state index is 13.2. The van der Waals surface area contributed by atoms with Crippen molar-refractivity contribution in [1.82, 2.24) is 20.4 Å². The number of carbonyl (C=O) groups excluding carboxylic acids is 1. The average molecular weight is 265 g/mol. The Hall–Kier alpha value is -2.51. The Morgan fingerprint density at radius 1 is 1.47 bits per heavy atom. The second-order valence-corrected chi connectivity index (χ2v) is 3.61. The standard InChI is InChI=1S/C11H12FN5O2/c1-2-13-10-8(3-7(12)4-14-10)11(18)15-5-9-16-6-19-17-9/h3-4,6H,2,5H2,1H3,(H,13,14)(H,15,18). The van der Waals surface area contributed by atoms with Crippen LogP contribution in [0, 0.1) is 5.82 Å². The molecule has 0 fully saturated rings. The van der Waals surface area contributed by atoms with Crippen molar-refractivity contribution in [1.29, 1.82) is 0 Å². The van der Waals surface area contributed by atoms with Gasteiger partial charge in [0.25, 0.3) is 5.91 Å². The smallest absolute Gasteiger partial charge is 0.255 e. The molecule has 0 unspecified atom stereocenters. The van der Waals surface area contributed by atoms with Crippen LogP contribution >= 0.6 is 0 Å². The van der Waals surface area contributed by atoms with E-state index in [9.17, 15) is 9.18 Å². The largest absolute Gasteiger partial charge is 0.370 e. The third kappa shape index (κ3) is 3.24. The molecule has 0 atom stereocenters. The van der Waals surface area contributed by atoms with Crippen molar-refractivity contribution in [2.45, 2.75) is 13.5 Å². The van der Waals surface area contributed by atoms with Gasteiger partial charge in [-0.25, -0.2) is 9.37 Å². The molecule has 0 radical (unpaired) electrons. The van der Waals surface area contributed by atoms with Crippen LogP contribution in [0.3, 0.4) is 0 Å². The number of rotatable bonds is 5. The zero-order valence-corrected chi connectivity index (χ0v) is 10.2. The van der Waals surface area contributed by atoms with Crippen LogP contribution in [0.4, 0.5) is 10.2 Å². The molecule has 2 aromatic rings. The summed E-state index contributed by atoms with van der Waals surface area (Å²) >= 11 is 0. The van der Waals surface area contributed by atoms with E-state index in [1.54, 1.807) is 0 Å². The van der Waals surface area contributed by atoms with Gasteiger partial charge in [-0.2, -0.15) is 4.98 Å². The second kappa shape index (κ2) is 5.89. The molecule has 0 bridgehead atoms. The quantitative estimate of drug-likeness (QED) is 0.836. The van der Waals surface area contributed by atoms with E-state index >= 15 is 0 Å². The Morgan fingerprint density at radius 2 is 2.32 bits per heavy atom. The van der Waals surface area contributed by atoms with Crippen molar-refractivity contribution in [3.05, 3.63) is 35.9 Å². The summed E-state index contributed by atoms with van der Waals surface area (Å²) < 4.78 is 17.7. The third-order valence-corrected chi connectivity index (χ3v) is 2.26. The van der Waals surface area contributed by atoms with Crippen LogP contribution in [0.25, 0.3) is 0 Å². The molecule has 0 aromatic carbocycles. The number of halogens is 1. The number of amides is 1. The molecular formula is C11H12FN5O2. The van der Waals surface area contributed by atoms with E-state index in [-0.39, 0.29) is 12.1 Å². The number of nitrogens with one attached hydrogen (secondary N) is 2. The van der Waals surface area contributed by atoms with Gasteiger partial charge < -0.3 is 15.2 Å². The Kier molecular flexibility index (Phi) is 4.01. The highest BCUT2D eigenvalue weighted by Gasteiger charge is 2.14. The highest BCUT2D eigenvalue weighted by atomic mass is 19.1. The van der Waals surface area contributed by atoms with Crippen LogP contribution in [0.1, 0.15) is 23.1 Å². The highest BCUT2D eigenvalue weighted by Crippen LogP contribution is 2.13. The lowest BCUT2D eigenvalue weighted by atomic mass is 10.2. The molecular weight excluding hydrogens is 253 g/mol. The molecule has 0 aliphatic heterocycles. The zero-order chi connectivity index (χ0) is 13.7. The molecule has 19 heavy (non-hydrogen) atoms. The fourth-order valence-corrected chi connectivity index (χ4v) is 1.45. The molecule has 2 rings (SSSR count). The Bertz CT molecular complexity index is 558. The summed E-state index contributed by atoms with van der Waals surface area (Å²) in [5, 5.41) is 9.00. The van der Waals surface area contributed by atoms with Crippen LogP contribution in [0.15, 0.2) is 23.2 Å². The lowest BCUT2D eigenvalue weighted by molar-refractivity contribution is 0.0949. The summed E-state index contributed by atoms with van der Waals surface area (Å²) in [4.78, 5) is 19.5. The number of anilines is 1. The van der Waals surface area contributed by atoms with E-state index in [0.717, 1.165) is 18.7 Å². The number of hydrogen-bond acceptors (Lipinski definition) is 6. The topological polar surface area (TPSA) is 92.9 Å². The molecule has 1 amide bonds. The van der Waals surface area contributed by atoms with Crippen LogP contribution in [0.5, 0.6) is 0 Å². The second-order valence-electron chi connectivity index (χ2n) is 3.61. The Balaban J connectivity index is 2.11. The minimum absolute atomic E-state index is 0.0947. The maximum absolute atomic E-state index is 13.2. The van der Waals surface area contributed by atoms with Gasteiger partial charge in [-0.1, -0.05) is 5.16 Å². The monoisotopic (exact) mass is 265 g/mol. The van der Waals surface area contributed by atoms with Gasteiger partial charge >= 0.3 is 0 Å². The summed E-state index contributed by atoms with van der Waals surface area (Å²) in [6.45, 7) is 2.52. The summed E-state index contributed by atoms with van der Waals surface area (Å²) in [5.74, 6) is -0.378. The van der Waals surface area contributed by atoms with Crippen molar-refractivity contribution in [3.8, 4) is 0 Å². The summed E-state index contributed by atoms with van der Waals surface area (Å²) in [6, 6.07) is 1.12. The van der Waals surface area contributed by atoms with E-state index in [4.69, 9.17) is 0 Å². The Morgan fingerprint density at radius 3 is 3.00 bits per heavy atom. The van der Waals surface area contributed by atoms with Gasteiger partial charge in [0.1, 0.15) is 11.6 Å². The minimum Gasteiger partial charge on any atom is -0.370 e. The van der Waals surface area contributed by atoms with E-state index in [0.29, 0.717) is 18.2 Å². The molecule has 2 N–H and O–H groups in total. The highest BCUT2D eigenvalue weighted by molar-refractivity contribution is 5.98. The fourth-order valence-electron chi connectivity index (χ4n) is 1.45. The molecule has 8 heteroatoms. The fraction of sp³-hybridized carbons (Fsp3) is 0.273. The van der Waals surface area contributed by atoms with Crippen molar-refractivity contribution in [2.24, 2.45) is 0 Å². The number of pyridine rings is 1. The lowest BCUT2D eigenvalue weighted by Crippen LogP contribution is -2.25. The van der Waals surface area contributed by atoms with Crippen molar-refractivity contribution in [2.75, 3.05) is 11.9 Å². The van der Waals surface area contributed by atoms with Gasteiger partial charge in [-0.3, -0.25) is 4.79 Å². The average Bonchev–Trinajstić information content (AvgIpc) is 2.91. The van der Waals surface area contributed by atoms with Crippen LogP contribution < -0.4 is 10.6 Å². The van der Waals surface area contributed by atoms with Gasteiger partial charge in [-0.15, -0.1) is 0 Å². The third-order valence-electron chi connectivity index (χ3n) is 2.26. The van der Waals surface area contributed by atoms with E-state index in [1.165, 1.54) is 0 Å². The van der Waals surface area contributed by atoms with Crippen molar-refractivity contribution < 1.29 is 13.7 Å². The first-order chi connectivity index (χ1) is 9.20. The van der Waals surface area contributed by atoms with Crippen molar-refractivity contribution in [3.63, 3.8) is 0 Å². The first kappa shape index (κ1) is 12.9. The normalized spacial score (nSPS) is 10.2. The summed E-state index contributed by atoms with van der Waals surface area (Å²) in [5.41, 5.74) is 0.130. The number of hydrogen-bond donors (Lipinski definition) is 2. The van der Waals surface area contributed by atoms with Crippen LogP contribution in [-0.2, 0) is 6.54 Å². The number of aromatic nitrogens is 3. The molecule has 0 spiro atoms. The molecule has 2 aromatic heterocycles. The van der Waals surface area contributed by atoms with Crippen LogP contribution in [0.2, 0.25) is 0 Å². The van der Waals surface area contributed by atoms with E-state index in [2.05, 4.69) is 30.3 Å². The number of nitrogens with zero attached hydrogens (tertiary/aromatic N) is 3. The lowest BCUT2D eigenvalue weighted by Gasteiger charge is -2.09. The van der Waals surface area contributed by atoms with Crippen LogP contribution in [-0.4, -0.2) is 27.6 Å². The molecule has 0 aliphatic rings. The molecule has 0 aliphatic carbocycles. The molecule has 7 nitrogen and oxygen atoms in total. The predicted octanol–water partition coefficient (Wildman–Crippen LogP) is 0.965. The first-order valence-corrected chi connectivity index (χ1v) is 5.63. The predicted molar refractivity (Wildman–Crippen MR) is 63.8 cm³/mol. The number of carbonyl (C=O) groups is 1. The SMILES string of the molecule is CCNc1ncc(F)cc1C(=O)NCc1ncon1. The first-order valence-electron chi connectivity index (χ1n) is 5.63. The molecule has 100 valence electrons. The summed E-state index contributed by atoms with van der Waals surface area (Å²) in [6.07, 6.45) is 2.21.